The fourth-order valence-electron chi connectivity index (χ4n) is 2.34. The van der Waals surface area contributed by atoms with Gasteiger partial charge >= 0.3 is 5.97 Å². The fourth-order valence-corrected chi connectivity index (χ4v) is 2.34. The number of esters is 1. The van der Waals surface area contributed by atoms with Crippen molar-refractivity contribution in [3.05, 3.63) is 60.0 Å². The molecule has 0 aliphatic carbocycles. The third-order valence-corrected chi connectivity index (χ3v) is 3.38. The maximum absolute atomic E-state index is 11.6. The molecule has 0 unspecified atom stereocenters. The molecule has 0 aliphatic rings. The van der Waals surface area contributed by atoms with E-state index in [1.165, 1.54) is 7.11 Å². The Balaban J connectivity index is 2.11. The third kappa shape index (κ3) is 1.95. The van der Waals surface area contributed by atoms with Crippen LogP contribution >= 0.6 is 0 Å². The second-order valence-electron chi connectivity index (χ2n) is 4.61. The highest BCUT2D eigenvalue weighted by Gasteiger charge is 2.10. The first-order valence-electron chi connectivity index (χ1n) is 6.31. The normalized spacial score (nSPS) is 10.7. The van der Waals surface area contributed by atoms with Gasteiger partial charge in [-0.25, -0.2) is 4.79 Å². The smallest absolute Gasteiger partial charge is 0.338 e. The summed E-state index contributed by atoms with van der Waals surface area (Å²) in [6, 6.07) is 9.68. The van der Waals surface area contributed by atoms with Crippen molar-refractivity contribution in [2.75, 3.05) is 7.11 Å². The van der Waals surface area contributed by atoms with Crippen molar-refractivity contribution in [2.45, 2.75) is 6.92 Å². The van der Waals surface area contributed by atoms with Crippen LogP contribution in [0.15, 0.2) is 48.9 Å². The van der Waals surface area contributed by atoms with Gasteiger partial charge in [0.2, 0.25) is 0 Å². The van der Waals surface area contributed by atoms with Crippen LogP contribution < -0.4 is 0 Å². The van der Waals surface area contributed by atoms with Crippen LogP contribution in [0.3, 0.4) is 0 Å². The lowest BCUT2D eigenvalue weighted by atomic mass is 10.1. The van der Waals surface area contributed by atoms with E-state index in [2.05, 4.69) is 9.55 Å². The Kier molecular flexibility index (Phi) is 2.99. The summed E-state index contributed by atoms with van der Waals surface area (Å²) >= 11 is 0. The number of aromatic nitrogens is 2. The first kappa shape index (κ1) is 12.4. The number of carbonyl (C=O) groups is 1. The maximum atomic E-state index is 11.6. The SMILES string of the molecule is COC(=O)c1ccc(-n2ccc3cnccc32)cc1C. The van der Waals surface area contributed by atoms with Crippen molar-refractivity contribution in [3.8, 4) is 5.69 Å². The van der Waals surface area contributed by atoms with Gasteiger partial charge in [0.05, 0.1) is 18.2 Å². The summed E-state index contributed by atoms with van der Waals surface area (Å²) in [5.41, 5.74) is 3.58. The van der Waals surface area contributed by atoms with Crippen LogP contribution in [-0.4, -0.2) is 22.6 Å². The number of hydrogen-bond donors (Lipinski definition) is 0. The number of hydrogen-bond acceptors (Lipinski definition) is 3. The molecular formula is C16H14N2O2. The molecule has 0 radical (unpaired) electrons. The number of fused-ring (bicyclic) bond motifs is 1. The van der Waals surface area contributed by atoms with Crippen LogP contribution in [-0.2, 0) is 4.74 Å². The van der Waals surface area contributed by atoms with Gasteiger partial charge in [0.1, 0.15) is 0 Å². The molecule has 0 fully saturated rings. The van der Waals surface area contributed by atoms with E-state index >= 15 is 0 Å². The Morgan fingerprint density at radius 3 is 2.85 bits per heavy atom. The van der Waals surface area contributed by atoms with Crippen LogP contribution in [0.2, 0.25) is 0 Å². The standard InChI is InChI=1S/C16H14N2O2/c1-11-9-13(3-4-14(11)16(19)20-2)18-8-6-12-10-17-7-5-15(12)18/h3-10H,1-2H3. The highest BCUT2D eigenvalue weighted by atomic mass is 16.5. The molecule has 0 amide bonds. The Hall–Kier alpha value is -2.62. The average Bonchev–Trinajstić information content (AvgIpc) is 2.90. The summed E-state index contributed by atoms with van der Waals surface area (Å²) in [6.07, 6.45) is 5.61. The van der Waals surface area contributed by atoms with E-state index in [0.29, 0.717) is 5.56 Å². The zero-order chi connectivity index (χ0) is 14.1. The molecule has 0 saturated heterocycles. The monoisotopic (exact) mass is 266 g/mol. The molecule has 0 N–H and O–H groups in total. The quantitative estimate of drug-likeness (QED) is 0.669. The molecular weight excluding hydrogens is 252 g/mol. The van der Waals surface area contributed by atoms with E-state index in [-0.39, 0.29) is 5.97 Å². The number of rotatable bonds is 2. The largest absolute Gasteiger partial charge is 0.465 e. The zero-order valence-corrected chi connectivity index (χ0v) is 11.3. The Labute approximate surface area is 116 Å². The van der Waals surface area contributed by atoms with Crippen LogP contribution in [0.25, 0.3) is 16.6 Å². The molecule has 1 aromatic carbocycles. The summed E-state index contributed by atoms with van der Waals surface area (Å²) in [4.78, 5) is 15.7. The first-order chi connectivity index (χ1) is 9.70. The van der Waals surface area contributed by atoms with Gasteiger partial charge in [-0.1, -0.05) is 0 Å². The fraction of sp³-hybridized carbons (Fsp3) is 0.125. The molecule has 3 rings (SSSR count). The Morgan fingerprint density at radius 1 is 1.25 bits per heavy atom. The second-order valence-corrected chi connectivity index (χ2v) is 4.61. The van der Waals surface area contributed by atoms with E-state index in [4.69, 9.17) is 4.74 Å². The topological polar surface area (TPSA) is 44.1 Å². The van der Waals surface area contributed by atoms with E-state index < -0.39 is 0 Å². The highest BCUT2D eigenvalue weighted by Crippen LogP contribution is 2.21. The minimum absolute atomic E-state index is 0.310. The molecule has 4 nitrogen and oxygen atoms in total. The predicted molar refractivity (Wildman–Crippen MR) is 77.1 cm³/mol. The Morgan fingerprint density at radius 2 is 2.10 bits per heavy atom. The second kappa shape index (κ2) is 4.81. The molecule has 0 atom stereocenters. The lowest BCUT2D eigenvalue weighted by molar-refractivity contribution is 0.0600. The zero-order valence-electron chi connectivity index (χ0n) is 11.3. The molecule has 3 aromatic rings. The van der Waals surface area contributed by atoms with Crippen molar-refractivity contribution < 1.29 is 9.53 Å². The maximum Gasteiger partial charge on any atom is 0.338 e. The van der Waals surface area contributed by atoms with E-state index in [1.54, 1.807) is 12.3 Å². The van der Waals surface area contributed by atoms with Crippen LogP contribution in [0, 0.1) is 6.92 Å². The van der Waals surface area contributed by atoms with Gasteiger partial charge in [-0.15, -0.1) is 0 Å². The third-order valence-electron chi connectivity index (χ3n) is 3.38. The summed E-state index contributed by atoms with van der Waals surface area (Å²) in [5.74, 6) is -0.310. The van der Waals surface area contributed by atoms with Gasteiger partial charge in [-0.2, -0.15) is 0 Å². The predicted octanol–water partition coefficient (Wildman–Crippen LogP) is 3.12. The molecule has 2 aromatic heterocycles. The van der Waals surface area contributed by atoms with Gasteiger partial charge < -0.3 is 9.30 Å². The molecule has 4 heteroatoms. The highest BCUT2D eigenvalue weighted by molar-refractivity contribution is 5.91. The van der Waals surface area contributed by atoms with Crippen molar-refractivity contribution in [3.63, 3.8) is 0 Å². The van der Waals surface area contributed by atoms with Crippen molar-refractivity contribution in [1.29, 1.82) is 0 Å². The van der Waals surface area contributed by atoms with Crippen molar-refractivity contribution in [1.82, 2.24) is 9.55 Å². The molecule has 0 spiro atoms. The van der Waals surface area contributed by atoms with Gasteiger partial charge in [-0.05, 0) is 42.8 Å². The summed E-state index contributed by atoms with van der Waals surface area (Å²) in [7, 11) is 1.39. The lowest BCUT2D eigenvalue weighted by Crippen LogP contribution is -2.04. The Bertz CT molecular complexity index is 790. The average molecular weight is 266 g/mol. The van der Waals surface area contributed by atoms with Gasteiger partial charge in [0, 0.05) is 29.7 Å². The molecule has 100 valence electrons. The lowest BCUT2D eigenvalue weighted by Gasteiger charge is -2.09. The summed E-state index contributed by atoms with van der Waals surface area (Å²) < 4.78 is 6.84. The van der Waals surface area contributed by atoms with Gasteiger partial charge in [-0.3, -0.25) is 4.98 Å². The number of ether oxygens (including phenoxy) is 1. The number of aryl methyl sites for hydroxylation is 1. The minimum Gasteiger partial charge on any atom is -0.465 e. The number of carbonyl (C=O) groups excluding carboxylic acids is 1. The molecule has 2 heterocycles. The van der Waals surface area contributed by atoms with Crippen LogP contribution in [0.4, 0.5) is 0 Å². The first-order valence-corrected chi connectivity index (χ1v) is 6.31. The van der Waals surface area contributed by atoms with Gasteiger partial charge in [0.15, 0.2) is 0 Å². The van der Waals surface area contributed by atoms with E-state index in [1.807, 2.05) is 43.6 Å². The van der Waals surface area contributed by atoms with Crippen molar-refractivity contribution in [2.24, 2.45) is 0 Å². The van der Waals surface area contributed by atoms with E-state index in [0.717, 1.165) is 22.2 Å². The number of benzene rings is 1. The summed E-state index contributed by atoms with van der Waals surface area (Å²) in [5, 5.41) is 1.09. The molecule has 0 bridgehead atoms. The van der Waals surface area contributed by atoms with E-state index in [9.17, 15) is 4.79 Å². The minimum atomic E-state index is -0.310. The number of pyridine rings is 1. The molecule has 0 aliphatic heterocycles. The summed E-state index contributed by atoms with van der Waals surface area (Å²) in [6.45, 7) is 1.91. The molecule has 0 saturated carbocycles. The number of nitrogens with zero attached hydrogens (tertiary/aromatic N) is 2. The molecule has 20 heavy (non-hydrogen) atoms. The number of methoxy groups -OCH3 is 1. The van der Waals surface area contributed by atoms with Crippen LogP contribution in [0.1, 0.15) is 15.9 Å². The van der Waals surface area contributed by atoms with Crippen LogP contribution in [0.5, 0.6) is 0 Å². The van der Waals surface area contributed by atoms with Crippen molar-refractivity contribution >= 4 is 16.9 Å². The van der Waals surface area contributed by atoms with Gasteiger partial charge in [0.25, 0.3) is 0 Å².